The fourth-order valence-corrected chi connectivity index (χ4v) is 1.35. The largest absolute Gasteiger partial charge is 0.413 e. The first-order chi connectivity index (χ1) is 8.05. The third kappa shape index (κ3) is 2.87. The van der Waals surface area contributed by atoms with Crippen molar-refractivity contribution in [3.8, 4) is 0 Å². The lowest BCUT2D eigenvalue weighted by Gasteiger charge is -2.26. The van der Waals surface area contributed by atoms with Crippen LogP contribution in [-0.2, 0) is 11.2 Å². The number of carbonyl (C=O) groups excluding carboxylic acids is 1. The van der Waals surface area contributed by atoms with Gasteiger partial charge in [0.25, 0.3) is 0 Å². The molecule has 18 heavy (non-hydrogen) atoms. The molecule has 1 aromatic carbocycles. The number of hydrogen-bond donors (Lipinski definition) is 1. The molecule has 0 bridgehead atoms. The number of nitrogens with two attached hydrogens (primary N) is 1. The van der Waals surface area contributed by atoms with Gasteiger partial charge in [0.1, 0.15) is 5.82 Å². The Morgan fingerprint density at radius 1 is 1.33 bits per heavy atom. The molecule has 0 saturated heterocycles. The van der Waals surface area contributed by atoms with Crippen LogP contribution in [-0.4, -0.2) is 17.5 Å². The van der Waals surface area contributed by atoms with E-state index in [1.807, 2.05) is 0 Å². The maximum absolute atomic E-state index is 13.0. The molecule has 0 fully saturated rings. The number of carbonyl (C=O) groups is 1. The van der Waals surface area contributed by atoms with Crippen molar-refractivity contribution in [2.24, 2.45) is 5.73 Å². The molecule has 1 aromatic rings. The number of Topliss-reactive ketones (excluding diaryl/α,β-unsaturated/α-hetero) is 1. The van der Waals surface area contributed by atoms with Crippen molar-refractivity contribution >= 4 is 5.78 Å². The molecule has 0 amide bonds. The van der Waals surface area contributed by atoms with Crippen LogP contribution in [0.3, 0.4) is 0 Å². The minimum atomic E-state index is -4.83. The van der Waals surface area contributed by atoms with Gasteiger partial charge in [-0.15, -0.1) is 0 Å². The topological polar surface area (TPSA) is 43.1 Å². The molecule has 0 heterocycles. The smallest absolute Gasteiger partial charge is 0.312 e. The van der Waals surface area contributed by atoms with Crippen LogP contribution >= 0.6 is 0 Å². The highest BCUT2D eigenvalue weighted by Crippen LogP contribution is 2.29. The van der Waals surface area contributed by atoms with E-state index in [1.54, 1.807) is 6.92 Å². The summed E-state index contributed by atoms with van der Waals surface area (Å²) in [4.78, 5) is 11.6. The number of alkyl halides is 3. The quantitative estimate of drug-likeness (QED) is 0.851. The lowest BCUT2D eigenvalue weighted by Crippen LogP contribution is -2.57. The molecular weight excluding hydrogens is 250 g/mol. The van der Waals surface area contributed by atoms with Gasteiger partial charge in [-0.2, -0.15) is 13.2 Å². The molecule has 2 N–H and O–H groups in total. The zero-order valence-corrected chi connectivity index (χ0v) is 9.94. The first-order valence-corrected chi connectivity index (χ1v) is 5.19. The van der Waals surface area contributed by atoms with E-state index in [4.69, 9.17) is 5.73 Å². The Hall–Kier alpha value is -1.43. The van der Waals surface area contributed by atoms with Gasteiger partial charge in [-0.05, 0) is 37.1 Å². The Balaban J connectivity index is 2.98. The summed E-state index contributed by atoms with van der Waals surface area (Å²) >= 11 is 0. The maximum atomic E-state index is 13.0. The lowest BCUT2D eigenvalue weighted by atomic mass is 9.90. The van der Waals surface area contributed by atoms with Crippen LogP contribution in [0.1, 0.15) is 18.1 Å². The van der Waals surface area contributed by atoms with Crippen LogP contribution in [0.4, 0.5) is 17.6 Å². The van der Waals surface area contributed by atoms with Crippen LogP contribution in [0.5, 0.6) is 0 Å². The second-order valence-corrected chi connectivity index (χ2v) is 4.37. The summed E-state index contributed by atoms with van der Waals surface area (Å²) in [5.41, 5.74) is 2.83. The average molecular weight is 263 g/mol. The highest BCUT2D eigenvalue weighted by Gasteiger charge is 2.53. The van der Waals surface area contributed by atoms with Gasteiger partial charge in [0.05, 0.1) is 0 Å². The highest BCUT2D eigenvalue weighted by atomic mass is 19.4. The van der Waals surface area contributed by atoms with E-state index in [2.05, 4.69) is 0 Å². The number of rotatable bonds is 3. The number of aryl methyl sites for hydroxylation is 1. The molecular formula is C12H13F4NO. The summed E-state index contributed by atoms with van der Waals surface area (Å²) in [6.07, 6.45) is -5.37. The van der Waals surface area contributed by atoms with Gasteiger partial charge in [-0.25, -0.2) is 4.39 Å². The van der Waals surface area contributed by atoms with Crippen LogP contribution in [0.25, 0.3) is 0 Å². The molecule has 0 aliphatic carbocycles. The second-order valence-electron chi connectivity index (χ2n) is 4.37. The van der Waals surface area contributed by atoms with Gasteiger partial charge >= 0.3 is 6.18 Å². The molecule has 1 rings (SSSR count). The monoisotopic (exact) mass is 263 g/mol. The van der Waals surface area contributed by atoms with Crippen molar-refractivity contribution < 1.29 is 22.4 Å². The van der Waals surface area contributed by atoms with Crippen LogP contribution in [0.15, 0.2) is 18.2 Å². The van der Waals surface area contributed by atoms with Gasteiger partial charge in [-0.1, -0.05) is 6.07 Å². The summed E-state index contributed by atoms with van der Waals surface area (Å²) in [6.45, 7) is 2.20. The first-order valence-electron chi connectivity index (χ1n) is 5.19. The average Bonchev–Trinajstić information content (AvgIpc) is 2.21. The van der Waals surface area contributed by atoms with Gasteiger partial charge in [0.15, 0.2) is 11.3 Å². The molecule has 0 aromatic heterocycles. The molecule has 6 heteroatoms. The second kappa shape index (κ2) is 4.68. The molecule has 2 nitrogen and oxygen atoms in total. The van der Waals surface area contributed by atoms with E-state index < -0.39 is 29.7 Å². The third-order valence-corrected chi connectivity index (χ3v) is 2.83. The van der Waals surface area contributed by atoms with Crippen LogP contribution in [0.2, 0.25) is 0 Å². The normalized spacial score (nSPS) is 15.3. The van der Waals surface area contributed by atoms with E-state index in [0.29, 0.717) is 12.5 Å². The molecule has 0 saturated carbocycles. The van der Waals surface area contributed by atoms with Crippen LogP contribution < -0.4 is 5.73 Å². The number of halogens is 4. The van der Waals surface area contributed by atoms with Crippen molar-refractivity contribution in [2.45, 2.75) is 32.0 Å². The Morgan fingerprint density at radius 2 is 1.89 bits per heavy atom. The summed E-state index contributed by atoms with van der Waals surface area (Å²) in [6, 6.07) is 3.62. The van der Waals surface area contributed by atoms with E-state index in [-0.39, 0.29) is 5.56 Å². The predicted molar refractivity (Wildman–Crippen MR) is 58.5 cm³/mol. The minimum absolute atomic E-state index is 0.209. The van der Waals surface area contributed by atoms with Crippen molar-refractivity contribution in [1.82, 2.24) is 0 Å². The summed E-state index contributed by atoms with van der Waals surface area (Å²) in [5, 5.41) is 0. The number of benzene rings is 1. The lowest BCUT2D eigenvalue weighted by molar-refractivity contribution is -0.185. The standard InChI is InChI=1S/C12H13F4NO/c1-7-3-4-9(13)5-8(7)6-10(18)11(2,17)12(14,15)16/h3-5H,6,17H2,1-2H3. The van der Waals surface area contributed by atoms with Crippen molar-refractivity contribution in [2.75, 3.05) is 0 Å². The molecule has 1 atom stereocenters. The molecule has 0 aliphatic heterocycles. The zero-order valence-electron chi connectivity index (χ0n) is 9.94. The Labute approximate surface area is 102 Å². The van der Waals surface area contributed by atoms with E-state index in [9.17, 15) is 22.4 Å². The fraction of sp³-hybridized carbons (Fsp3) is 0.417. The Bertz CT molecular complexity index is 466. The Morgan fingerprint density at radius 3 is 2.39 bits per heavy atom. The molecule has 0 spiro atoms. The summed E-state index contributed by atoms with van der Waals surface area (Å²) in [5.74, 6) is -1.79. The number of hydrogen-bond acceptors (Lipinski definition) is 2. The van der Waals surface area contributed by atoms with Crippen LogP contribution in [0, 0.1) is 12.7 Å². The molecule has 100 valence electrons. The van der Waals surface area contributed by atoms with Gasteiger partial charge in [-0.3, -0.25) is 4.79 Å². The Kier molecular flexibility index (Phi) is 3.81. The SMILES string of the molecule is Cc1ccc(F)cc1CC(=O)C(C)(N)C(F)(F)F. The molecule has 0 aliphatic rings. The molecule has 1 unspecified atom stereocenters. The summed E-state index contributed by atoms with van der Waals surface area (Å²) in [7, 11) is 0. The van der Waals surface area contributed by atoms with Gasteiger partial charge in [0, 0.05) is 6.42 Å². The van der Waals surface area contributed by atoms with E-state index in [0.717, 1.165) is 6.07 Å². The van der Waals surface area contributed by atoms with E-state index >= 15 is 0 Å². The van der Waals surface area contributed by atoms with Gasteiger partial charge in [0.2, 0.25) is 0 Å². The van der Waals surface area contributed by atoms with Crippen molar-refractivity contribution in [1.29, 1.82) is 0 Å². The van der Waals surface area contributed by atoms with Gasteiger partial charge < -0.3 is 5.73 Å². The minimum Gasteiger partial charge on any atom is -0.312 e. The van der Waals surface area contributed by atoms with Crippen molar-refractivity contribution in [3.05, 3.63) is 35.1 Å². The predicted octanol–water partition coefficient (Wildman–Crippen LogP) is 2.53. The first kappa shape index (κ1) is 14.6. The van der Waals surface area contributed by atoms with E-state index in [1.165, 1.54) is 12.1 Å². The zero-order chi connectivity index (χ0) is 14.1. The van der Waals surface area contributed by atoms with Crippen molar-refractivity contribution in [3.63, 3.8) is 0 Å². The third-order valence-electron chi connectivity index (χ3n) is 2.83. The highest BCUT2D eigenvalue weighted by molar-refractivity contribution is 5.90. The fourth-order valence-electron chi connectivity index (χ4n) is 1.35. The molecule has 0 radical (unpaired) electrons. The maximum Gasteiger partial charge on any atom is 0.413 e. The number of ketones is 1. The summed E-state index contributed by atoms with van der Waals surface area (Å²) < 4.78 is 50.6.